The number of benzene rings is 3. The molecular formula is C28H25F2NO4. The predicted octanol–water partition coefficient (Wildman–Crippen LogP) is 5.93. The van der Waals surface area contributed by atoms with Crippen molar-refractivity contribution in [3.05, 3.63) is 101 Å². The third kappa shape index (κ3) is 4.67. The summed E-state index contributed by atoms with van der Waals surface area (Å²) >= 11 is 0. The molecule has 0 bridgehead atoms. The van der Waals surface area contributed by atoms with Crippen molar-refractivity contribution in [1.82, 2.24) is 0 Å². The standard InChI is InChI=1S/C28H25F2NO4/c1-16(2)15-35-20-11-8-18(9-12-20)26(32)24-25(21-7-5-4-6-17(21)3)31(28(34)27(24)33)19-10-13-22(29)23(30)14-19/h4-14,16,25,32H,15H2,1-3H3/b26-24+. The lowest BCUT2D eigenvalue weighted by molar-refractivity contribution is -0.132. The number of aliphatic hydroxyl groups is 1. The van der Waals surface area contributed by atoms with Crippen LogP contribution in [-0.4, -0.2) is 23.4 Å². The average Bonchev–Trinajstić information content (AvgIpc) is 3.10. The first-order valence-corrected chi connectivity index (χ1v) is 11.2. The molecule has 1 aliphatic heterocycles. The van der Waals surface area contributed by atoms with E-state index in [4.69, 9.17) is 4.74 Å². The normalized spacial score (nSPS) is 17.3. The second-order valence-electron chi connectivity index (χ2n) is 8.85. The quantitative estimate of drug-likeness (QED) is 0.271. The average molecular weight is 478 g/mol. The third-order valence-corrected chi connectivity index (χ3v) is 5.82. The first kappa shape index (κ1) is 24.1. The van der Waals surface area contributed by atoms with Gasteiger partial charge in [-0.3, -0.25) is 14.5 Å². The Hall–Kier alpha value is -4.00. The van der Waals surface area contributed by atoms with E-state index in [9.17, 15) is 23.5 Å². The molecule has 4 rings (SSSR count). The van der Waals surface area contributed by atoms with Crippen LogP contribution >= 0.6 is 0 Å². The van der Waals surface area contributed by atoms with Crippen molar-refractivity contribution in [2.75, 3.05) is 11.5 Å². The number of hydrogen-bond acceptors (Lipinski definition) is 4. The number of ether oxygens (including phenoxy) is 1. The van der Waals surface area contributed by atoms with Crippen LogP contribution in [0.2, 0.25) is 0 Å². The van der Waals surface area contributed by atoms with Crippen molar-refractivity contribution in [3.63, 3.8) is 0 Å². The molecule has 1 atom stereocenters. The zero-order valence-electron chi connectivity index (χ0n) is 19.6. The van der Waals surface area contributed by atoms with Crippen LogP contribution in [0.5, 0.6) is 5.75 Å². The lowest BCUT2D eigenvalue weighted by Crippen LogP contribution is -2.30. The van der Waals surface area contributed by atoms with Crippen LogP contribution in [0.15, 0.2) is 72.3 Å². The number of nitrogens with zero attached hydrogens (tertiary/aromatic N) is 1. The van der Waals surface area contributed by atoms with Gasteiger partial charge in [-0.25, -0.2) is 8.78 Å². The highest BCUT2D eigenvalue weighted by atomic mass is 19.2. The maximum absolute atomic E-state index is 14.1. The van der Waals surface area contributed by atoms with Crippen LogP contribution in [0, 0.1) is 24.5 Å². The van der Waals surface area contributed by atoms with E-state index in [1.807, 2.05) is 26.8 Å². The molecule has 1 aliphatic rings. The molecule has 180 valence electrons. The molecule has 1 amide bonds. The van der Waals surface area contributed by atoms with E-state index in [-0.39, 0.29) is 17.0 Å². The fourth-order valence-corrected chi connectivity index (χ4v) is 4.05. The zero-order valence-corrected chi connectivity index (χ0v) is 19.6. The molecular weight excluding hydrogens is 452 g/mol. The second kappa shape index (κ2) is 9.70. The van der Waals surface area contributed by atoms with E-state index in [2.05, 4.69) is 0 Å². The monoisotopic (exact) mass is 477 g/mol. The summed E-state index contributed by atoms with van der Waals surface area (Å²) in [7, 11) is 0. The Balaban J connectivity index is 1.85. The number of carbonyl (C=O) groups excluding carboxylic acids is 2. The molecule has 3 aromatic rings. The molecule has 3 aromatic carbocycles. The van der Waals surface area contributed by atoms with Crippen molar-refractivity contribution in [1.29, 1.82) is 0 Å². The molecule has 0 aliphatic carbocycles. The smallest absolute Gasteiger partial charge is 0.300 e. The van der Waals surface area contributed by atoms with Gasteiger partial charge in [0, 0.05) is 17.3 Å². The minimum Gasteiger partial charge on any atom is -0.507 e. The van der Waals surface area contributed by atoms with Crippen molar-refractivity contribution >= 4 is 23.1 Å². The number of halogens is 2. The predicted molar refractivity (Wildman–Crippen MR) is 129 cm³/mol. The molecule has 0 radical (unpaired) electrons. The first-order valence-electron chi connectivity index (χ1n) is 11.2. The van der Waals surface area contributed by atoms with Gasteiger partial charge in [-0.15, -0.1) is 0 Å². The number of hydrogen-bond donors (Lipinski definition) is 1. The summed E-state index contributed by atoms with van der Waals surface area (Å²) in [5.41, 5.74) is 1.54. The molecule has 0 spiro atoms. The van der Waals surface area contributed by atoms with Gasteiger partial charge in [0.2, 0.25) is 0 Å². The van der Waals surface area contributed by atoms with Crippen LogP contribution in [0.1, 0.15) is 36.6 Å². The van der Waals surface area contributed by atoms with E-state index >= 15 is 0 Å². The summed E-state index contributed by atoms with van der Waals surface area (Å²) in [5.74, 6) is -3.50. The van der Waals surface area contributed by atoms with Crippen LogP contribution in [0.25, 0.3) is 5.76 Å². The minimum atomic E-state index is -1.15. The molecule has 7 heteroatoms. The summed E-state index contributed by atoms with van der Waals surface area (Å²) in [4.78, 5) is 27.4. The zero-order chi connectivity index (χ0) is 25.3. The van der Waals surface area contributed by atoms with E-state index in [0.717, 1.165) is 22.6 Å². The number of Topliss-reactive ketones (excluding diaryl/α,β-unsaturated/α-hetero) is 1. The van der Waals surface area contributed by atoms with Crippen LogP contribution in [-0.2, 0) is 9.59 Å². The fraction of sp³-hybridized carbons (Fsp3) is 0.214. The maximum atomic E-state index is 14.1. The number of amides is 1. The van der Waals surface area contributed by atoms with E-state index in [0.29, 0.717) is 29.4 Å². The van der Waals surface area contributed by atoms with Gasteiger partial charge in [0.15, 0.2) is 11.6 Å². The molecule has 1 N–H and O–H groups in total. The topological polar surface area (TPSA) is 66.8 Å². The van der Waals surface area contributed by atoms with Crippen molar-refractivity contribution in [2.45, 2.75) is 26.8 Å². The van der Waals surface area contributed by atoms with Crippen LogP contribution in [0.4, 0.5) is 14.5 Å². The summed E-state index contributed by atoms with van der Waals surface area (Å²) in [6.45, 7) is 6.38. The van der Waals surface area contributed by atoms with Gasteiger partial charge in [0.25, 0.3) is 11.7 Å². The highest BCUT2D eigenvalue weighted by Crippen LogP contribution is 2.43. The molecule has 5 nitrogen and oxygen atoms in total. The Kier molecular flexibility index (Phi) is 6.69. The second-order valence-corrected chi connectivity index (χ2v) is 8.85. The fourth-order valence-electron chi connectivity index (χ4n) is 4.05. The number of aryl methyl sites for hydroxylation is 1. The lowest BCUT2D eigenvalue weighted by atomic mass is 9.92. The minimum absolute atomic E-state index is 0.00994. The molecule has 0 aromatic heterocycles. The molecule has 1 fully saturated rings. The van der Waals surface area contributed by atoms with Gasteiger partial charge in [0.1, 0.15) is 11.5 Å². The number of carbonyl (C=O) groups is 2. The van der Waals surface area contributed by atoms with Gasteiger partial charge >= 0.3 is 0 Å². The summed E-state index contributed by atoms with van der Waals surface area (Å²) in [6, 6.07) is 15.6. The summed E-state index contributed by atoms with van der Waals surface area (Å²) in [5, 5.41) is 11.2. The third-order valence-electron chi connectivity index (χ3n) is 5.82. The Morgan fingerprint density at radius 2 is 1.69 bits per heavy atom. The Bertz CT molecular complexity index is 1310. The van der Waals surface area contributed by atoms with Crippen molar-refractivity contribution < 1.29 is 28.2 Å². The highest BCUT2D eigenvalue weighted by Gasteiger charge is 2.47. The number of rotatable bonds is 6. The first-order chi connectivity index (χ1) is 16.7. The maximum Gasteiger partial charge on any atom is 0.300 e. The van der Waals surface area contributed by atoms with E-state index in [1.54, 1.807) is 42.5 Å². The van der Waals surface area contributed by atoms with Crippen LogP contribution < -0.4 is 9.64 Å². The Labute approximate surface area is 202 Å². The largest absolute Gasteiger partial charge is 0.507 e. The van der Waals surface area contributed by atoms with Gasteiger partial charge in [-0.05, 0) is 60.4 Å². The van der Waals surface area contributed by atoms with Crippen LogP contribution in [0.3, 0.4) is 0 Å². The summed E-state index contributed by atoms with van der Waals surface area (Å²) < 4.78 is 33.3. The Morgan fingerprint density at radius 1 is 1.00 bits per heavy atom. The van der Waals surface area contributed by atoms with Gasteiger partial charge in [-0.2, -0.15) is 0 Å². The number of anilines is 1. The van der Waals surface area contributed by atoms with E-state index in [1.165, 1.54) is 6.07 Å². The molecule has 1 heterocycles. The lowest BCUT2D eigenvalue weighted by Gasteiger charge is -2.26. The number of ketones is 1. The SMILES string of the molecule is Cc1ccccc1C1/C(=C(\O)c2ccc(OCC(C)C)cc2)C(=O)C(=O)N1c1ccc(F)c(F)c1. The molecule has 0 saturated carbocycles. The highest BCUT2D eigenvalue weighted by molar-refractivity contribution is 6.51. The van der Waals surface area contributed by atoms with Gasteiger partial charge < -0.3 is 9.84 Å². The molecule has 1 saturated heterocycles. The van der Waals surface area contributed by atoms with E-state index < -0.39 is 29.4 Å². The van der Waals surface area contributed by atoms with Gasteiger partial charge in [-0.1, -0.05) is 38.1 Å². The Morgan fingerprint density at radius 3 is 2.31 bits per heavy atom. The molecule has 35 heavy (non-hydrogen) atoms. The van der Waals surface area contributed by atoms with Crippen molar-refractivity contribution in [3.8, 4) is 5.75 Å². The number of aliphatic hydroxyl groups excluding tert-OH is 1. The van der Waals surface area contributed by atoms with Gasteiger partial charge in [0.05, 0.1) is 18.2 Å². The molecule has 1 unspecified atom stereocenters. The van der Waals surface area contributed by atoms with Crippen molar-refractivity contribution in [2.24, 2.45) is 5.92 Å². The summed E-state index contributed by atoms with van der Waals surface area (Å²) in [6.07, 6.45) is 0.